The molecular formula is C24H38IN7O. The van der Waals surface area contributed by atoms with E-state index in [0.29, 0.717) is 0 Å². The van der Waals surface area contributed by atoms with Crippen LogP contribution in [0.25, 0.3) is 0 Å². The molecule has 1 aromatic heterocycles. The van der Waals surface area contributed by atoms with Gasteiger partial charge >= 0.3 is 0 Å². The van der Waals surface area contributed by atoms with Gasteiger partial charge in [0.15, 0.2) is 5.96 Å². The Bertz CT molecular complexity index is 875. The first-order valence-corrected chi connectivity index (χ1v) is 12.1. The highest BCUT2D eigenvalue weighted by atomic mass is 127. The lowest BCUT2D eigenvalue weighted by Crippen LogP contribution is -2.52. The number of nitrogens with one attached hydrogen (secondary N) is 1. The second kappa shape index (κ2) is 13.0. The second-order valence-corrected chi connectivity index (χ2v) is 8.51. The molecule has 4 rings (SSSR count). The number of anilines is 1. The number of aliphatic imine (C=N–C) groups is 1. The van der Waals surface area contributed by atoms with E-state index in [2.05, 4.69) is 48.9 Å². The van der Waals surface area contributed by atoms with Crippen molar-refractivity contribution in [3.8, 4) is 5.75 Å². The molecule has 3 heterocycles. The molecule has 0 bridgehead atoms. The van der Waals surface area contributed by atoms with Gasteiger partial charge in [0.1, 0.15) is 17.4 Å². The van der Waals surface area contributed by atoms with Gasteiger partial charge in [-0.3, -0.25) is 4.99 Å². The molecule has 0 aliphatic carbocycles. The van der Waals surface area contributed by atoms with Gasteiger partial charge in [0.2, 0.25) is 0 Å². The molecule has 1 aromatic carbocycles. The predicted octanol–water partition coefficient (Wildman–Crippen LogP) is 3.35. The average molecular weight is 568 g/mol. The molecule has 0 radical (unpaired) electrons. The number of piperazine rings is 1. The number of aromatic nitrogens is 3. The molecule has 0 atom stereocenters. The van der Waals surface area contributed by atoms with E-state index in [4.69, 9.17) is 9.73 Å². The van der Waals surface area contributed by atoms with E-state index in [9.17, 15) is 0 Å². The lowest BCUT2D eigenvalue weighted by Gasteiger charge is -2.37. The molecule has 1 N–H and O–H groups in total. The van der Waals surface area contributed by atoms with E-state index in [1.807, 2.05) is 12.1 Å². The lowest BCUT2D eigenvalue weighted by molar-refractivity contribution is 0.372. The maximum absolute atomic E-state index is 5.28. The first-order chi connectivity index (χ1) is 15.8. The second-order valence-electron chi connectivity index (χ2n) is 8.51. The third kappa shape index (κ3) is 6.74. The largest absolute Gasteiger partial charge is 0.497 e. The summed E-state index contributed by atoms with van der Waals surface area (Å²) >= 11 is 0. The maximum Gasteiger partial charge on any atom is 0.194 e. The predicted molar refractivity (Wildman–Crippen MR) is 144 cm³/mol. The van der Waals surface area contributed by atoms with Gasteiger partial charge in [-0.1, -0.05) is 6.42 Å². The van der Waals surface area contributed by atoms with Crippen molar-refractivity contribution in [1.82, 2.24) is 25.0 Å². The molecule has 0 spiro atoms. The van der Waals surface area contributed by atoms with Crippen LogP contribution in [0.15, 0.2) is 29.3 Å². The Labute approximate surface area is 214 Å². The third-order valence-electron chi connectivity index (χ3n) is 6.36. The molecular weight excluding hydrogens is 529 g/mol. The van der Waals surface area contributed by atoms with Crippen molar-refractivity contribution in [2.75, 3.05) is 51.3 Å². The van der Waals surface area contributed by atoms with Crippen LogP contribution in [0.1, 0.15) is 44.3 Å². The number of fused-ring (bicyclic) bond motifs is 1. The first kappa shape index (κ1) is 25.6. The minimum absolute atomic E-state index is 0. The first-order valence-electron chi connectivity index (χ1n) is 12.1. The van der Waals surface area contributed by atoms with Crippen molar-refractivity contribution < 1.29 is 4.74 Å². The molecule has 1 fully saturated rings. The highest BCUT2D eigenvalue weighted by Crippen LogP contribution is 2.20. The van der Waals surface area contributed by atoms with Crippen molar-refractivity contribution >= 4 is 35.6 Å². The third-order valence-corrected chi connectivity index (χ3v) is 6.36. The van der Waals surface area contributed by atoms with Crippen LogP contribution in [0.2, 0.25) is 0 Å². The highest BCUT2D eigenvalue weighted by molar-refractivity contribution is 14.0. The Morgan fingerprint density at radius 2 is 1.82 bits per heavy atom. The highest BCUT2D eigenvalue weighted by Gasteiger charge is 2.20. The molecule has 0 amide bonds. The summed E-state index contributed by atoms with van der Waals surface area (Å²) in [5.41, 5.74) is 1.25. The van der Waals surface area contributed by atoms with Crippen LogP contribution < -0.4 is 15.0 Å². The van der Waals surface area contributed by atoms with Crippen molar-refractivity contribution in [2.45, 2.75) is 52.0 Å². The summed E-state index contributed by atoms with van der Waals surface area (Å²) in [6, 6.07) is 8.33. The van der Waals surface area contributed by atoms with Crippen molar-refractivity contribution in [3.05, 3.63) is 35.9 Å². The Kier molecular flexibility index (Phi) is 10.1. The van der Waals surface area contributed by atoms with Gasteiger partial charge in [0.25, 0.3) is 0 Å². The van der Waals surface area contributed by atoms with E-state index in [1.165, 1.54) is 30.8 Å². The monoisotopic (exact) mass is 567 g/mol. The van der Waals surface area contributed by atoms with Gasteiger partial charge < -0.3 is 24.4 Å². The number of benzene rings is 1. The maximum atomic E-state index is 5.28. The summed E-state index contributed by atoms with van der Waals surface area (Å²) in [5.74, 6) is 4.23. The zero-order valence-corrected chi connectivity index (χ0v) is 22.3. The average Bonchev–Trinajstić information content (AvgIpc) is 3.06. The number of methoxy groups -OCH3 is 1. The SMILES string of the molecule is CCNC(=NCCCc1nnc2n1CCCCC2)N1CCN(c2ccc(OC)cc2)CC1.I. The molecule has 0 saturated carbocycles. The van der Waals surface area contributed by atoms with Crippen LogP contribution in [0.5, 0.6) is 5.75 Å². The van der Waals surface area contributed by atoms with E-state index in [-0.39, 0.29) is 24.0 Å². The van der Waals surface area contributed by atoms with Crippen LogP contribution in [0, 0.1) is 0 Å². The molecule has 2 aliphatic heterocycles. The van der Waals surface area contributed by atoms with Crippen molar-refractivity contribution in [1.29, 1.82) is 0 Å². The summed E-state index contributed by atoms with van der Waals surface area (Å²) in [5, 5.41) is 12.4. The van der Waals surface area contributed by atoms with Crippen molar-refractivity contribution in [2.24, 2.45) is 4.99 Å². The molecule has 1 saturated heterocycles. The van der Waals surface area contributed by atoms with Gasteiger partial charge in [-0.05, 0) is 50.5 Å². The van der Waals surface area contributed by atoms with Gasteiger partial charge in [-0.2, -0.15) is 0 Å². The zero-order chi connectivity index (χ0) is 22.2. The number of hydrogen-bond acceptors (Lipinski definition) is 5. The van der Waals surface area contributed by atoms with Crippen LogP contribution >= 0.6 is 24.0 Å². The van der Waals surface area contributed by atoms with Gasteiger partial charge in [-0.25, -0.2) is 0 Å². The lowest BCUT2D eigenvalue weighted by atomic mass is 10.2. The van der Waals surface area contributed by atoms with Crippen LogP contribution in [0.3, 0.4) is 0 Å². The smallest absolute Gasteiger partial charge is 0.194 e. The number of nitrogens with zero attached hydrogens (tertiary/aromatic N) is 6. The summed E-state index contributed by atoms with van der Waals surface area (Å²) in [6.45, 7) is 8.81. The molecule has 33 heavy (non-hydrogen) atoms. The van der Waals surface area contributed by atoms with E-state index in [0.717, 1.165) is 82.6 Å². The molecule has 8 nitrogen and oxygen atoms in total. The number of ether oxygens (including phenoxy) is 1. The molecule has 182 valence electrons. The summed E-state index contributed by atoms with van der Waals surface area (Å²) in [6.07, 6.45) is 6.78. The number of guanidine groups is 1. The van der Waals surface area contributed by atoms with Crippen LogP contribution in [-0.4, -0.2) is 72.0 Å². The number of aryl methyl sites for hydroxylation is 2. The Hall–Kier alpha value is -2.04. The number of halogens is 1. The number of rotatable bonds is 7. The standard InChI is InChI=1S/C24H37N7O.HI/c1-3-25-24(26-14-7-9-23-28-27-22-8-5-4-6-15-31(22)23)30-18-16-29(17-19-30)20-10-12-21(32-2)13-11-20;/h10-13H,3-9,14-19H2,1-2H3,(H,25,26);1H. The minimum atomic E-state index is 0. The Balaban J connectivity index is 0.00000306. The van der Waals surface area contributed by atoms with Crippen LogP contribution in [-0.2, 0) is 19.4 Å². The van der Waals surface area contributed by atoms with E-state index < -0.39 is 0 Å². The van der Waals surface area contributed by atoms with Crippen molar-refractivity contribution in [3.63, 3.8) is 0 Å². The van der Waals surface area contributed by atoms with E-state index >= 15 is 0 Å². The summed E-state index contributed by atoms with van der Waals surface area (Å²) in [7, 11) is 1.70. The fraction of sp³-hybridized carbons (Fsp3) is 0.625. The summed E-state index contributed by atoms with van der Waals surface area (Å²) < 4.78 is 7.62. The molecule has 0 unspecified atom stereocenters. The topological polar surface area (TPSA) is 70.8 Å². The molecule has 9 heteroatoms. The fourth-order valence-electron chi connectivity index (χ4n) is 4.55. The molecule has 2 aromatic rings. The normalized spacial score (nSPS) is 16.6. The zero-order valence-electron chi connectivity index (χ0n) is 20.0. The Morgan fingerprint density at radius 1 is 1.03 bits per heavy atom. The van der Waals surface area contributed by atoms with Gasteiger partial charge in [0.05, 0.1) is 7.11 Å². The van der Waals surface area contributed by atoms with Gasteiger partial charge in [0, 0.05) is 64.3 Å². The molecule has 2 aliphatic rings. The number of hydrogen-bond donors (Lipinski definition) is 1. The van der Waals surface area contributed by atoms with Gasteiger partial charge in [-0.15, -0.1) is 34.2 Å². The Morgan fingerprint density at radius 3 is 2.55 bits per heavy atom. The quantitative estimate of drug-likeness (QED) is 0.240. The minimum Gasteiger partial charge on any atom is -0.497 e. The summed E-state index contributed by atoms with van der Waals surface area (Å²) in [4.78, 5) is 9.74. The fourth-order valence-corrected chi connectivity index (χ4v) is 4.55. The van der Waals surface area contributed by atoms with Crippen LogP contribution in [0.4, 0.5) is 5.69 Å². The van der Waals surface area contributed by atoms with E-state index in [1.54, 1.807) is 7.11 Å².